The molecule has 0 aliphatic rings. The average molecular weight is 274 g/mol. The van der Waals surface area contributed by atoms with Crippen molar-refractivity contribution in [3.63, 3.8) is 0 Å². The largest absolute Gasteiger partial charge is 0.351 e. The highest BCUT2D eigenvalue weighted by Crippen LogP contribution is 2.23. The van der Waals surface area contributed by atoms with E-state index in [2.05, 4.69) is 22.9 Å². The average Bonchev–Trinajstić information content (AvgIpc) is 2.27. The molecule has 100 valence electrons. The second-order valence-electron chi connectivity index (χ2n) is 4.94. The number of nitrogens with one attached hydrogen (secondary N) is 2. The zero-order valence-electron chi connectivity index (χ0n) is 10.5. The van der Waals surface area contributed by atoms with Crippen LogP contribution in [0, 0.1) is 17.0 Å². The van der Waals surface area contributed by atoms with Crippen molar-refractivity contribution in [3.8, 4) is 0 Å². The number of benzene rings is 1. The number of halogens is 2. The molecule has 0 aromatic heterocycles. The maximum Gasteiger partial charge on any atom is 0.225 e. The molecule has 0 aliphatic carbocycles. The van der Waals surface area contributed by atoms with E-state index < -0.39 is 17.0 Å². The SMILES string of the molecule is CC(C)(C)C(=O)NCc1ccc(F)c(NS)c1F. The molecule has 1 amide bonds. The van der Waals surface area contributed by atoms with Crippen LogP contribution in [0.4, 0.5) is 14.5 Å². The lowest BCUT2D eigenvalue weighted by atomic mass is 9.95. The van der Waals surface area contributed by atoms with E-state index >= 15 is 0 Å². The summed E-state index contributed by atoms with van der Waals surface area (Å²) in [5.41, 5.74) is -0.674. The summed E-state index contributed by atoms with van der Waals surface area (Å²) in [4.78, 5) is 11.6. The number of carbonyl (C=O) groups is 1. The first-order valence-electron chi connectivity index (χ1n) is 5.42. The molecule has 6 heteroatoms. The molecule has 0 spiro atoms. The Morgan fingerprint density at radius 3 is 2.44 bits per heavy atom. The van der Waals surface area contributed by atoms with Gasteiger partial charge in [0.05, 0.1) is 0 Å². The van der Waals surface area contributed by atoms with Gasteiger partial charge in [-0.25, -0.2) is 8.78 Å². The van der Waals surface area contributed by atoms with Crippen molar-refractivity contribution in [1.82, 2.24) is 5.32 Å². The molecule has 0 heterocycles. The van der Waals surface area contributed by atoms with Crippen LogP contribution in [0.25, 0.3) is 0 Å². The van der Waals surface area contributed by atoms with Crippen molar-refractivity contribution >= 4 is 24.4 Å². The Bertz CT molecular complexity index is 458. The van der Waals surface area contributed by atoms with Gasteiger partial charge >= 0.3 is 0 Å². The van der Waals surface area contributed by atoms with Crippen molar-refractivity contribution < 1.29 is 13.6 Å². The Balaban J connectivity index is 2.84. The van der Waals surface area contributed by atoms with Crippen molar-refractivity contribution in [2.24, 2.45) is 5.41 Å². The smallest absolute Gasteiger partial charge is 0.225 e. The molecule has 1 aromatic rings. The predicted octanol–water partition coefficient (Wildman–Crippen LogP) is 2.88. The molecule has 3 nitrogen and oxygen atoms in total. The summed E-state index contributed by atoms with van der Waals surface area (Å²) in [6.07, 6.45) is 0. The van der Waals surface area contributed by atoms with Gasteiger partial charge in [-0.2, -0.15) is 0 Å². The minimum atomic E-state index is -0.751. The van der Waals surface area contributed by atoms with Crippen molar-refractivity contribution in [1.29, 1.82) is 0 Å². The van der Waals surface area contributed by atoms with Gasteiger partial charge in [-0.15, -0.1) is 0 Å². The number of rotatable bonds is 3. The first-order valence-corrected chi connectivity index (χ1v) is 5.87. The lowest BCUT2D eigenvalue weighted by Gasteiger charge is -2.18. The molecular formula is C12H16F2N2OS. The van der Waals surface area contributed by atoms with Gasteiger partial charge in [0.2, 0.25) is 5.91 Å². The molecule has 0 bridgehead atoms. The monoisotopic (exact) mass is 274 g/mol. The number of anilines is 1. The lowest BCUT2D eigenvalue weighted by Crippen LogP contribution is -2.34. The van der Waals surface area contributed by atoms with Crippen LogP contribution in [-0.4, -0.2) is 5.91 Å². The van der Waals surface area contributed by atoms with E-state index in [-0.39, 0.29) is 23.7 Å². The fraction of sp³-hybridized carbons (Fsp3) is 0.417. The van der Waals surface area contributed by atoms with Crippen LogP contribution >= 0.6 is 12.8 Å². The van der Waals surface area contributed by atoms with Crippen molar-refractivity contribution in [2.45, 2.75) is 27.3 Å². The molecule has 0 saturated carbocycles. The van der Waals surface area contributed by atoms with E-state index in [1.807, 2.05) is 0 Å². The van der Waals surface area contributed by atoms with Gasteiger partial charge in [0.15, 0.2) is 5.82 Å². The first-order chi connectivity index (χ1) is 8.27. The van der Waals surface area contributed by atoms with E-state index in [9.17, 15) is 13.6 Å². The van der Waals surface area contributed by atoms with Gasteiger partial charge < -0.3 is 10.0 Å². The highest BCUT2D eigenvalue weighted by molar-refractivity contribution is 7.81. The molecule has 0 radical (unpaired) electrons. The van der Waals surface area contributed by atoms with Gasteiger partial charge in [-0.05, 0) is 6.07 Å². The molecule has 18 heavy (non-hydrogen) atoms. The van der Waals surface area contributed by atoms with Gasteiger partial charge in [0.1, 0.15) is 11.5 Å². The number of hydrogen-bond acceptors (Lipinski definition) is 3. The molecule has 0 unspecified atom stereocenters. The summed E-state index contributed by atoms with van der Waals surface area (Å²) in [6, 6.07) is 2.42. The van der Waals surface area contributed by atoms with E-state index in [0.29, 0.717) is 0 Å². The maximum atomic E-state index is 13.8. The fourth-order valence-corrected chi connectivity index (χ4v) is 1.48. The van der Waals surface area contributed by atoms with Crippen LogP contribution in [0.1, 0.15) is 26.3 Å². The van der Waals surface area contributed by atoms with Gasteiger partial charge in [-0.3, -0.25) is 4.79 Å². The Morgan fingerprint density at radius 1 is 1.33 bits per heavy atom. The van der Waals surface area contributed by atoms with Gasteiger partial charge in [-0.1, -0.05) is 39.7 Å². The predicted molar refractivity (Wildman–Crippen MR) is 70.3 cm³/mol. The molecule has 1 rings (SSSR count). The van der Waals surface area contributed by atoms with Crippen LogP contribution in [0.2, 0.25) is 0 Å². The van der Waals surface area contributed by atoms with Crippen LogP contribution < -0.4 is 10.0 Å². The zero-order chi connectivity index (χ0) is 13.9. The molecule has 0 atom stereocenters. The quantitative estimate of drug-likeness (QED) is 0.742. The van der Waals surface area contributed by atoms with Gasteiger partial charge in [0.25, 0.3) is 0 Å². The summed E-state index contributed by atoms with van der Waals surface area (Å²) in [5, 5.41) is 2.60. The topological polar surface area (TPSA) is 41.1 Å². The summed E-state index contributed by atoms with van der Waals surface area (Å²) in [7, 11) is 0. The van der Waals surface area contributed by atoms with Crippen LogP contribution in [0.15, 0.2) is 12.1 Å². The molecule has 1 aromatic carbocycles. The third-order valence-electron chi connectivity index (χ3n) is 2.40. The van der Waals surface area contributed by atoms with E-state index in [4.69, 9.17) is 0 Å². The van der Waals surface area contributed by atoms with Crippen LogP contribution in [-0.2, 0) is 11.3 Å². The summed E-state index contributed by atoms with van der Waals surface area (Å²) in [5.74, 6) is -1.68. The minimum absolute atomic E-state index is 0.00464. The summed E-state index contributed by atoms with van der Waals surface area (Å²) in [6.45, 7) is 5.27. The highest BCUT2D eigenvalue weighted by atomic mass is 32.1. The van der Waals surface area contributed by atoms with Gasteiger partial charge in [0, 0.05) is 17.5 Å². The third kappa shape index (κ3) is 3.35. The number of amides is 1. The zero-order valence-corrected chi connectivity index (χ0v) is 11.4. The Kier molecular flexibility index (Phi) is 4.56. The lowest BCUT2D eigenvalue weighted by molar-refractivity contribution is -0.128. The second kappa shape index (κ2) is 5.56. The molecule has 0 saturated heterocycles. The fourth-order valence-electron chi connectivity index (χ4n) is 1.28. The van der Waals surface area contributed by atoms with E-state index in [1.54, 1.807) is 20.8 Å². The van der Waals surface area contributed by atoms with E-state index in [1.165, 1.54) is 6.07 Å². The number of thiol groups is 1. The Hall–Kier alpha value is -1.30. The summed E-state index contributed by atoms with van der Waals surface area (Å²) >= 11 is 3.63. The number of hydrogen-bond donors (Lipinski definition) is 3. The normalized spacial score (nSPS) is 11.2. The minimum Gasteiger partial charge on any atom is -0.351 e. The summed E-state index contributed by atoms with van der Waals surface area (Å²) < 4.78 is 29.1. The van der Waals surface area contributed by atoms with Crippen LogP contribution in [0.3, 0.4) is 0 Å². The number of carbonyl (C=O) groups excluding carboxylic acids is 1. The maximum absolute atomic E-state index is 13.8. The van der Waals surface area contributed by atoms with Crippen molar-refractivity contribution in [2.75, 3.05) is 4.72 Å². The third-order valence-corrected chi connectivity index (χ3v) is 2.63. The Labute approximate surface area is 111 Å². The van der Waals surface area contributed by atoms with E-state index in [0.717, 1.165) is 6.07 Å². The molecular weight excluding hydrogens is 258 g/mol. The standard InChI is InChI=1S/C12H16F2N2OS/c1-12(2,3)11(17)15-6-7-4-5-8(13)10(16-18)9(7)14/h4-5,16,18H,6H2,1-3H3,(H,15,17). The molecule has 0 fully saturated rings. The van der Waals surface area contributed by atoms with Crippen molar-refractivity contribution in [3.05, 3.63) is 29.3 Å². The highest BCUT2D eigenvalue weighted by Gasteiger charge is 2.21. The Morgan fingerprint density at radius 2 is 1.94 bits per heavy atom. The molecule has 0 aliphatic heterocycles. The van der Waals surface area contributed by atoms with Crippen LogP contribution in [0.5, 0.6) is 0 Å². The first kappa shape index (κ1) is 14.8. The molecule has 2 N–H and O–H groups in total. The second-order valence-corrected chi connectivity index (χ2v) is 5.16.